The number of alkyl halides is 2. The summed E-state index contributed by atoms with van der Waals surface area (Å²) >= 11 is 0. The van der Waals surface area contributed by atoms with Crippen LogP contribution in [0.5, 0.6) is 0 Å². The van der Waals surface area contributed by atoms with Gasteiger partial charge in [0.05, 0.1) is 29.8 Å². The molecule has 1 aliphatic heterocycles. The number of carbonyl (C=O) groups is 1. The summed E-state index contributed by atoms with van der Waals surface area (Å²) in [5.41, 5.74) is 6.54. The number of likely N-dealkylation sites (tertiary alicyclic amines) is 1. The minimum Gasteiger partial charge on any atom is -0.342 e. The number of hydrogen-bond acceptors (Lipinski definition) is 3. The summed E-state index contributed by atoms with van der Waals surface area (Å²) in [5.74, 6) is -0.502. The fourth-order valence-electron chi connectivity index (χ4n) is 6.29. The zero-order valence-corrected chi connectivity index (χ0v) is 25.6. The minimum absolute atomic E-state index is 0.0592. The molecular weight excluding hydrogens is 558 g/mol. The third kappa shape index (κ3) is 5.64. The number of hydrogen-bond donors (Lipinski definition) is 3. The van der Waals surface area contributed by atoms with Crippen LogP contribution in [0.4, 0.5) is 13.6 Å². The zero-order valence-electron chi connectivity index (χ0n) is 25.6. The summed E-state index contributed by atoms with van der Waals surface area (Å²) in [6.07, 6.45) is 7.63. The largest absolute Gasteiger partial charge is 0.342 e. The van der Waals surface area contributed by atoms with E-state index in [0.29, 0.717) is 17.2 Å². The van der Waals surface area contributed by atoms with Crippen LogP contribution in [0.25, 0.3) is 33.6 Å². The second kappa shape index (κ2) is 10.6. The summed E-state index contributed by atoms with van der Waals surface area (Å²) in [7, 11) is 0. The number of benzene rings is 2. The van der Waals surface area contributed by atoms with Crippen molar-refractivity contribution < 1.29 is 13.6 Å². The molecular formula is C35H40F2N6O. The lowest BCUT2D eigenvalue weighted by Crippen LogP contribution is -2.49. The zero-order chi connectivity index (χ0) is 30.7. The first-order valence-corrected chi connectivity index (χ1v) is 15.8. The van der Waals surface area contributed by atoms with Gasteiger partial charge in [0.15, 0.2) is 0 Å². The summed E-state index contributed by atoms with van der Waals surface area (Å²) in [5, 5.41) is 3.10. The molecule has 1 saturated heterocycles. The molecule has 2 aromatic carbocycles. The number of rotatable bonds is 8. The van der Waals surface area contributed by atoms with Crippen molar-refractivity contribution in [1.82, 2.24) is 30.2 Å². The Labute approximate surface area is 256 Å². The van der Waals surface area contributed by atoms with Gasteiger partial charge in [0.25, 0.3) is 5.92 Å². The number of H-pyrrole nitrogens is 2. The van der Waals surface area contributed by atoms with Gasteiger partial charge in [-0.2, -0.15) is 0 Å². The Morgan fingerprint density at radius 3 is 1.70 bits per heavy atom. The van der Waals surface area contributed by atoms with E-state index in [1.807, 2.05) is 6.20 Å². The predicted molar refractivity (Wildman–Crippen MR) is 167 cm³/mol. The van der Waals surface area contributed by atoms with E-state index in [-0.39, 0.29) is 43.4 Å². The maximum absolute atomic E-state index is 13.6. The van der Waals surface area contributed by atoms with Crippen LogP contribution in [-0.4, -0.2) is 49.9 Å². The Bertz CT molecular complexity index is 1640. The number of imidazole rings is 2. The maximum atomic E-state index is 13.6. The van der Waals surface area contributed by atoms with Crippen LogP contribution in [0.2, 0.25) is 0 Å². The van der Waals surface area contributed by atoms with Crippen molar-refractivity contribution in [3.05, 3.63) is 72.6 Å². The lowest BCUT2D eigenvalue weighted by atomic mass is 9.92. The summed E-state index contributed by atoms with van der Waals surface area (Å²) in [4.78, 5) is 30.8. The van der Waals surface area contributed by atoms with E-state index in [9.17, 15) is 13.6 Å². The highest BCUT2D eigenvalue weighted by molar-refractivity contribution is 5.75. The first-order chi connectivity index (χ1) is 21.0. The summed E-state index contributed by atoms with van der Waals surface area (Å²) in [6, 6.07) is 16.3. The van der Waals surface area contributed by atoms with Crippen LogP contribution < -0.4 is 5.32 Å². The van der Waals surface area contributed by atoms with E-state index in [4.69, 9.17) is 0 Å². The number of carbonyl (C=O) groups excluding carboxylic acids is 1. The fraction of sp³-hybridized carbons (Fsp3) is 0.457. The molecule has 0 radical (unpaired) electrons. The Hall–Kier alpha value is -4.01. The van der Waals surface area contributed by atoms with Gasteiger partial charge in [-0.15, -0.1) is 0 Å². The molecule has 3 N–H and O–H groups in total. The Kier molecular flexibility index (Phi) is 6.90. The third-order valence-corrected chi connectivity index (χ3v) is 10.5. The molecule has 2 saturated carbocycles. The van der Waals surface area contributed by atoms with Crippen LogP contribution in [0, 0.1) is 10.8 Å². The summed E-state index contributed by atoms with van der Waals surface area (Å²) in [6.45, 7) is 6.85. The number of nitrogens with one attached hydrogen (secondary N) is 3. The Balaban J connectivity index is 1.02. The molecule has 2 aromatic heterocycles. The van der Waals surface area contributed by atoms with Gasteiger partial charge < -0.3 is 20.2 Å². The SMILES string of the molecule is C[C@H](c1ncc(-c2ccc(-c3ccc(-c4cnc([C@@H](NC(=O)N5CCC(F)(F)CC5)C5(C)CC5)[nH]4)cc3)cc2)[nH]1)C1(C)CC1. The Morgan fingerprint density at radius 1 is 0.750 bits per heavy atom. The number of amides is 2. The van der Waals surface area contributed by atoms with Crippen molar-refractivity contribution >= 4 is 6.03 Å². The lowest BCUT2D eigenvalue weighted by molar-refractivity contribution is -0.0472. The second-order valence-electron chi connectivity index (χ2n) is 13.8. The predicted octanol–water partition coefficient (Wildman–Crippen LogP) is 8.32. The molecule has 44 heavy (non-hydrogen) atoms. The first kappa shape index (κ1) is 28.7. The number of aromatic amines is 2. The van der Waals surface area contributed by atoms with Gasteiger partial charge in [-0.25, -0.2) is 23.5 Å². The van der Waals surface area contributed by atoms with Crippen LogP contribution in [0.15, 0.2) is 60.9 Å². The van der Waals surface area contributed by atoms with Crippen LogP contribution in [-0.2, 0) is 0 Å². The van der Waals surface area contributed by atoms with Crippen LogP contribution >= 0.6 is 0 Å². The van der Waals surface area contributed by atoms with Crippen molar-refractivity contribution in [2.24, 2.45) is 10.8 Å². The molecule has 4 aromatic rings. The molecule has 9 heteroatoms. The van der Waals surface area contributed by atoms with Gasteiger partial charge in [-0.1, -0.05) is 69.3 Å². The first-order valence-electron chi connectivity index (χ1n) is 15.8. The molecule has 0 unspecified atom stereocenters. The van der Waals surface area contributed by atoms with E-state index in [2.05, 4.69) is 94.6 Å². The summed E-state index contributed by atoms with van der Waals surface area (Å²) < 4.78 is 27.2. The van der Waals surface area contributed by atoms with Crippen LogP contribution in [0.1, 0.15) is 82.9 Å². The standard InChI is InChI=1S/C35H40F2N6O/c1-22(33(2)12-13-33)30-38-20-27(40-30)25-8-4-23(5-9-25)24-6-10-26(11-7-24)28-21-39-31(41-28)29(34(3)14-15-34)42-32(44)43-18-16-35(36,37)17-19-43/h4-11,20-22,29H,12-19H2,1-3H3,(H,38,40)(H,39,41)(H,42,44)/t22-,29-/m1/s1. The average molecular weight is 599 g/mol. The third-order valence-electron chi connectivity index (χ3n) is 10.5. The number of aromatic nitrogens is 4. The molecule has 3 aliphatic rings. The van der Waals surface area contributed by atoms with Gasteiger partial charge >= 0.3 is 6.03 Å². The fourth-order valence-corrected chi connectivity index (χ4v) is 6.29. The monoisotopic (exact) mass is 598 g/mol. The minimum atomic E-state index is -2.69. The molecule has 2 atom stereocenters. The average Bonchev–Trinajstić information content (AvgIpc) is 3.80. The molecule has 3 heterocycles. The highest BCUT2D eigenvalue weighted by atomic mass is 19.3. The molecule has 230 valence electrons. The smallest absolute Gasteiger partial charge is 0.318 e. The molecule has 2 amide bonds. The van der Waals surface area contributed by atoms with Crippen molar-refractivity contribution in [3.8, 4) is 33.6 Å². The molecule has 0 bridgehead atoms. The highest BCUT2D eigenvalue weighted by Crippen LogP contribution is 2.55. The maximum Gasteiger partial charge on any atom is 0.318 e. The molecule has 0 spiro atoms. The highest BCUT2D eigenvalue weighted by Gasteiger charge is 2.48. The number of urea groups is 1. The van der Waals surface area contributed by atoms with E-state index < -0.39 is 5.92 Å². The van der Waals surface area contributed by atoms with E-state index >= 15 is 0 Å². The van der Waals surface area contributed by atoms with Gasteiger partial charge in [-0.3, -0.25) is 0 Å². The van der Waals surface area contributed by atoms with E-state index in [1.54, 1.807) is 6.20 Å². The van der Waals surface area contributed by atoms with Crippen LogP contribution in [0.3, 0.4) is 0 Å². The van der Waals surface area contributed by atoms with E-state index in [1.165, 1.54) is 17.7 Å². The van der Waals surface area contributed by atoms with Crippen molar-refractivity contribution in [3.63, 3.8) is 0 Å². The van der Waals surface area contributed by atoms with Crippen molar-refractivity contribution in [1.29, 1.82) is 0 Å². The topological polar surface area (TPSA) is 89.7 Å². The number of piperidine rings is 1. The molecule has 7 rings (SSSR count). The van der Waals surface area contributed by atoms with E-state index in [0.717, 1.165) is 52.3 Å². The molecule has 3 fully saturated rings. The molecule has 7 nitrogen and oxygen atoms in total. The van der Waals surface area contributed by atoms with Gasteiger partial charge in [0.1, 0.15) is 11.6 Å². The van der Waals surface area contributed by atoms with Crippen molar-refractivity contribution in [2.45, 2.75) is 77.2 Å². The molecule has 2 aliphatic carbocycles. The number of halogens is 2. The normalized spacial score (nSPS) is 21.0. The van der Waals surface area contributed by atoms with Gasteiger partial charge in [0, 0.05) is 31.8 Å². The quantitative estimate of drug-likeness (QED) is 0.191. The van der Waals surface area contributed by atoms with Crippen molar-refractivity contribution in [2.75, 3.05) is 13.1 Å². The Morgan fingerprint density at radius 2 is 1.20 bits per heavy atom. The second-order valence-corrected chi connectivity index (χ2v) is 13.8. The lowest BCUT2D eigenvalue weighted by Gasteiger charge is -2.33. The number of nitrogens with zero attached hydrogens (tertiary/aromatic N) is 3. The van der Waals surface area contributed by atoms with Gasteiger partial charge in [0.2, 0.25) is 0 Å². The van der Waals surface area contributed by atoms with Gasteiger partial charge in [-0.05, 0) is 58.8 Å².